The molecule has 0 bridgehead atoms. The van der Waals surface area contributed by atoms with Crippen molar-refractivity contribution in [2.45, 2.75) is 39.2 Å². The van der Waals surface area contributed by atoms with Gasteiger partial charge in [-0.1, -0.05) is 35.9 Å². The molecule has 1 saturated heterocycles. The molecule has 3 N–H and O–H groups in total. The summed E-state index contributed by atoms with van der Waals surface area (Å²) in [4.78, 5) is 35.2. The average Bonchev–Trinajstić information content (AvgIpc) is 2.73. The van der Waals surface area contributed by atoms with Gasteiger partial charge >= 0.3 is 12.1 Å². The van der Waals surface area contributed by atoms with Crippen molar-refractivity contribution in [1.29, 1.82) is 0 Å². The third kappa shape index (κ3) is 7.05. The number of halogens is 1. The average molecular weight is 469 g/mol. The first-order chi connectivity index (χ1) is 11.8. The van der Waals surface area contributed by atoms with E-state index in [1.807, 2.05) is 0 Å². The van der Waals surface area contributed by atoms with Gasteiger partial charge in [-0.3, -0.25) is 9.69 Å². The molecule has 1 fully saturated rings. The van der Waals surface area contributed by atoms with Crippen LogP contribution in [0.25, 0.3) is 0 Å². The van der Waals surface area contributed by atoms with Crippen LogP contribution in [0.5, 0.6) is 0 Å². The van der Waals surface area contributed by atoms with Crippen molar-refractivity contribution in [2.24, 2.45) is 0 Å². The fourth-order valence-electron chi connectivity index (χ4n) is 1.79. The standard InChI is InChI=1S/C8H12INO2.C7H12N2O4/c1-2-3-6-10-8(11)12-7-4-5-9;1-7(2)5(12)8(3-10)6(13)9(7)4-11/h2-3,5-6H2,1H3,(H,10,11);10-11H,3-4H2,1-2H3. The van der Waals surface area contributed by atoms with Gasteiger partial charge in [-0.15, -0.1) is 0 Å². The van der Waals surface area contributed by atoms with Crippen LogP contribution >= 0.6 is 22.6 Å². The lowest BCUT2D eigenvalue weighted by molar-refractivity contribution is -0.134. The number of hydrogen-bond donors (Lipinski definition) is 3. The first-order valence-electron chi connectivity index (χ1n) is 7.61. The molecule has 0 aromatic carbocycles. The molecular weight excluding hydrogens is 445 g/mol. The maximum absolute atomic E-state index is 11.4. The monoisotopic (exact) mass is 469 g/mol. The summed E-state index contributed by atoms with van der Waals surface area (Å²) < 4.78 is 5.18. The molecule has 142 valence electrons. The van der Waals surface area contributed by atoms with Gasteiger partial charge in [0.1, 0.15) is 25.1 Å². The second-order valence-electron chi connectivity index (χ2n) is 5.37. The van der Waals surface area contributed by atoms with Gasteiger partial charge in [-0.2, -0.15) is 0 Å². The summed E-state index contributed by atoms with van der Waals surface area (Å²) in [6.45, 7) is 4.55. The Bertz CT molecular complexity index is 529. The number of carbonyl (C=O) groups is 3. The molecule has 1 heterocycles. The summed E-state index contributed by atoms with van der Waals surface area (Å²) in [6, 6.07) is -0.667. The maximum Gasteiger partial charge on any atom is 0.421 e. The zero-order chi connectivity index (χ0) is 19.5. The van der Waals surface area contributed by atoms with E-state index in [0.29, 0.717) is 15.9 Å². The zero-order valence-corrected chi connectivity index (χ0v) is 16.7. The van der Waals surface area contributed by atoms with Crippen LogP contribution in [0.15, 0.2) is 0 Å². The third-order valence-corrected chi connectivity index (χ3v) is 3.65. The summed E-state index contributed by atoms with van der Waals surface area (Å²) in [5, 5.41) is 20.2. The topological polar surface area (TPSA) is 119 Å². The van der Waals surface area contributed by atoms with Gasteiger partial charge in [0.2, 0.25) is 0 Å². The van der Waals surface area contributed by atoms with Crippen molar-refractivity contribution in [3.8, 4) is 12.0 Å². The highest BCUT2D eigenvalue weighted by Crippen LogP contribution is 2.25. The predicted molar refractivity (Wildman–Crippen MR) is 98.4 cm³/mol. The number of alkyl halides is 1. The Morgan fingerprint density at radius 3 is 2.36 bits per heavy atom. The van der Waals surface area contributed by atoms with Gasteiger partial charge in [-0.05, 0) is 26.2 Å². The van der Waals surface area contributed by atoms with Gasteiger partial charge in [0, 0.05) is 6.54 Å². The molecule has 0 aromatic rings. The smallest absolute Gasteiger partial charge is 0.376 e. The van der Waals surface area contributed by atoms with Crippen molar-refractivity contribution in [3.63, 3.8) is 0 Å². The van der Waals surface area contributed by atoms with E-state index in [-0.39, 0.29) is 0 Å². The minimum Gasteiger partial charge on any atom is -0.376 e. The SMILES string of the molecule is CC1(C)C(=O)N(CO)C(=O)N1CO.CCCCNC(=O)OC#CCI. The van der Waals surface area contributed by atoms with Crippen LogP contribution in [0.2, 0.25) is 0 Å². The molecule has 25 heavy (non-hydrogen) atoms. The molecule has 0 aliphatic carbocycles. The molecule has 4 amide bonds. The van der Waals surface area contributed by atoms with Crippen molar-refractivity contribution in [3.05, 3.63) is 0 Å². The largest absolute Gasteiger partial charge is 0.421 e. The number of ether oxygens (including phenoxy) is 1. The molecule has 0 radical (unpaired) electrons. The molecule has 0 aromatic heterocycles. The van der Waals surface area contributed by atoms with E-state index in [2.05, 4.69) is 51.6 Å². The number of amides is 4. The van der Waals surface area contributed by atoms with E-state index in [1.165, 1.54) is 13.8 Å². The lowest BCUT2D eigenvalue weighted by Gasteiger charge is -2.24. The number of carbonyl (C=O) groups excluding carboxylic acids is 3. The molecule has 0 spiro atoms. The number of unbranched alkanes of at least 4 members (excludes halogenated alkanes) is 1. The zero-order valence-electron chi connectivity index (χ0n) is 14.5. The van der Waals surface area contributed by atoms with E-state index in [0.717, 1.165) is 17.7 Å². The van der Waals surface area contributed by atoms with E-state index >= 15 is 0 Å². The fourth-order valence-corrected chi connectivity index (χ4v) is 1.95. The number of alkyl carbamates (subject to hydrolysis) is 1. The summed E-state index contributed by atoms with van der Waals surface area (Å²) in [5.41, 5.74) is -1.07. The molecule has 10 heteroatoms. The number of aliphatic hydroxyl groups excluding tert-OH is 2. The molecule has 0 saturated carbocycles. The molecule has 1 aliphatic rings. The van der Waals surface area contributed by atoms with Gasteiger partial charge in [0.15, 0.2) is 0 Å². The minimum absolute atomic E-state index is 0.458. The van der Waals surface area contributed by atoms with Crippen LogP contribution in [0.1, 0.15) is 33.6 Å². The molecule has 1 rings (SSSR count). The molecule has 0 unspecified atom stereocenters. The molecule has 1 aliphatic heterocycles. The quantitative estimate of drug-likeness (QED) is 0.181. The van der Waals surface area contributed by atoms with E-state index in [4.69, 9.17) is 10.2 Å². The number of nitrogens with one attached hydrogen (secondary N) is 1. The summed E-state index contributed by atoms with van der Waals surface area (Å²) in [6.07, 6.45) is 3.86. The number of imide groups is 1. The minimum atomic E-state index is -1.07. The molecule has 0 atom stereocenters. The van der Waals surface area contributed by atoms with Gasteiger partial charge in [0.25, 0.3) is 5.91 Å². The summed E-state index contributed by atoms with van der Waals surface area (Å²) in [7, 11) is 0. The van der Waals surface area contributed by atoms with Crippen LogP contribution in [-0.2, 0) is 9.53 Å². The van der Waals surface area contributed by atoms with Crippen LogP contribution in [0.3, 0.4) is 0 Å². The highest BCUT2D eigenvalue weighted by Gasteiger charge is 2.50. The predicted octanol–water partition coefficient (Wildman–Crippen LogP) is 0.837. The Labute approximate surface area is 160 Å². The Morgan fingerprint density at radius 2 is 1.96 bits per heavy atom. The van der Waals surface area contributed by atoms with Gasteiger partial charge in [0.05, 0.1) is 4.43 Å². The second kappa shape index (κ2) is 11.9. The van der Waals surface area contributed by atoms with Crippen molar-refractivity contribution in [2.75, 3.05) is 24.4 Å². The van der Waals surface area contributed by atoms with Gasteiger partial charge in [-0.25, -0.2) is 14.5 Å². The lowest BCUT2D eigenvalue weighted by atomic mass is 10.1. The number of hydrogen-bond acceptors (Lipinski definition) is 6. The van der Waals surface area contributed by atoms with Crippen molar-refractivity contribution < 1.29 is 29.3 Å². The van der Waals surface area contributed by atoms with Crippen molar-refractivity contribution >= 4 is 40.6 Å². The van der Waals surface area contributed by atoms with E-state index in [1.54, 1.807) is 0 Å². The number of aliphatic hydroxyl groups is 2. The Hall–Kier alpha value is -1.58. The molecular formula is C15H24IN3O6. The van der Waals surface area contributed by atoms with Crippen molar-refractivity contribution in [1.82, 2.24) is 15.1 Å². The van der Waals surface area contributed by atoms with E-state index < -0.39 is 37.0 Å². The normalized spacial score (nSPS) is 15.1. The van der Waals surface area contributed by atoms with E-state index in [9.17, 15) is 14.4 Å². The first-order valence-corrected chi connectivity index (χ1v) is 9.14. The Morgan fingerprint density at radius 1 is 1.32 bits per heavy atom. The molecule has 9 nitrogen and oxygen atoms in total. The summed E-state index contributed by atoms with van der Waals surface area (Å²) in [5.74, 6) is 2.12. The first kappa shape index (κ1) is 23.4. The third-order valence-electron chi connectivity index (χ3n) is 3.27. The number of rotatable bonds is 5. The van der Waals surface area contributed by atoms with Crippen LogP contribution in [-0.4, -0.2) is 68.0 Å². The fraction of sp³-hybridized carbons (Fsp3) is 0.667. The lowest BCUT2D eigenvalue weighted by Crippen LogP contribution is -2.44. The summed E-state index contributed by atoms with van der Waals surface area (Å²) >= 11 is 2.08. The Kier molecular flexibility index (Phi) is 11.1. The van der Waals surface area contributed by atoms with Gasteiger partial charge < -0.3 is 20.3 Å². The maximum atomic E-state index is 11.4. The highest BCUT2D eigenvalue weighted by molar-refractivity contribution is 14.1. The number of nitrogens with zero attached hydrogens (tertiary/aromatic N) is 2. The number of urea groups is 1. The van der Waals surface area contributed by atoms with Crippen LogP contribution in [0, 0.1) is 12.0 Å². The van der Waals surface area contributed by atoms with Crippen LogP contribution in [0.4, 0.5) is 9.59 Å². The Balaban J connectivity index is 0.000000463. The highest BCUT2D eigenvalue weighted by atomic mass is 127. The van der Waals surface area contributed by atoms with Crippen LogP contribution < -0.4 is 5.32 Å². The second-order valence-corrected chi connectivity index (χ2v) is 6.13.